The Hall–Kier alpha value is -3.88. The van der Waals surface area contributed by atoms with Gasteiger partial charge in [0.2, 0.25) is 11.8 Å². The van der Waals surface area contributed by atoms with Crippen molar-refractivity contribution in [1.29, 1.82) is 0 Å². The minimum atomic E-state index is -4.06. The van der Waals surface area contributed by atoms with Gasteiger partial charge in [0.15, 0.2) is 0 Å². The van der Waals surface area contributed by atoms with Crippen molar-refractivity contribution in [2.45, 2.75) is 54.6 Å². The summed E-state index contributed by atoms with van der Waals surface area (Å²) in [6.45, 7) is -0.508. The standard InChI is InChI=1S/C29H26ClF2N5O6S/c30-21-3-1-2-4-23(21)44(41,42)37-13-17(11-33-37)12-35-10-9-28(29(31,32)15-35)16-43-25-19-14-36(22-7-8-24(38)34-26(22)39)27(40)18(19)5-6-20(25)28/h1-6,11,13,22H,7-10,12,14-16H2,(H,34,38,39)/t22-,28?/m0/s1. The van der Waals surface area contributed by atoms with E-state index < -0.39 is 51.7 Å². The van der Waals surface area contributed by atoms with Crippen molar-refractivity contribution in [2.75, 3.05) is 19.7 Å². The number of rotatable bonds is 5. The summed E-state index contributed by atoms with van der Waals surface area (Å²) in [5, 5.41) is 6.26. The molecule has 2 atom stereocenters. The predicted octanol–water partition coefficient (Wildman–Crippen LogP) is 2.71. The van der Waals surface area contributed by atoms with Crippen LogP contribution in [0.15, 0.2) is 53.7 Å². The maximum Gasteiger partial charge on any atom is 0.284 e. The highest BCUT2D eigenvalue weighted by Gasteiger charge is 2.62. The van der Waals surface area contributed by atoms with E-state index in [9.17, 15) is 22.8 Å². The molecule has 1 aromatic heterocycles. The van der Waals surface area contributed by atoms with Crippen LogP contribution >= 0.6 is 11.6 Å². The SMILES string of the molecule is O=C1CC[C@H](N2Cc3c(ccc4c3OCC43CCN(Cc4cnn(S(=O)(=O)c5ccccc5Cl)c4)CC3(F)F)C2=O)C(=O)N1. The molecule has 15 heteroatoms. The lowest BCUT2D eigenvalue weighted by atomic mass is 9.71. The molecule has 2 fully saturated rings. The Kier molecular flexibility index (Phi) is 6.61. The van der Waals surface area contributed by atoms with Crippen molar-refractivity contribution in [3.8, 4) is 5.75 Å². The molecular formula is C29H26ClF2N5O6S. The van der Waals surface area contributed by atoms with Crippen LogP contribution in [0.3, 0.4) is 0 Å². The number of halogens is 3. The van der Waals surface area contributed by atoms with Crippen LogP contribution in [0.4, 0.5) is 8.78 Å². The molecule has 44 heavy (non-hydrogen) atoms. The van der Waals surface area contributed by atoms with E-state index in [1.54, 1.807) is 17.0 Å². The molecule has 2 saturated heterocycles. The summed E-state index contributed by atoms with van der Waals surface area (Å²) in [6, 6.07) is 8.19. The highest BCUT2D eigenvalue weighted by molar-refractivity contribution is 7.90. The third-order valence-corrected chi connectivity index (χ3v) is 11.0. The average Bonchev–Trinajstić information content (AvgIpc) is 3.68. The number of nitrogens with one attached hydrogen (secondary N) is 1. The van der Waals surface area contributed by atoms with Gasteiger partial charge in [0.25, 0.3) is 21.9 Å². The molecule has 0 radical (unpaired) electrons. The molecule has 4 aliphatic heterocycles. The van der Waals surface area contributed by atoms with Crippen molar-refractivity contribution in [3.05, 3.63) is 76.1 Å². The Morgan fingerprint density at radius 1 is 1.14 bits per heavy atom. The van der Waals surface area contributed by atoms with E-state index in [2.05, 4.69) is 10.4 Å². The fourth-order valence-electron chi connectivity index (χ4n) is 6.68. The molecule has 2 aromatic carbocycles. The zero-order valence-electron chi connectivity index (χ0n) is 23.1. The van der Waals surface area contributed by atoms with Crippen LogP contribution in [-0.4, -0.2) is 76.8 Å². The van der Waals surface area contributed by atoms with Gasteiger partial charge in [-0.15, -0.1) is 0 Å². The molecule has 230 valence electrons. The highest BCUT2D eigenvalue weighted by atomic mass is 35.5. The molecule has 0 saturated carbocycles. The minimum absolute atomic E-state index is 0.0263. The summed E-state index contributed by atoms with van der Waals surface area (Å²) in [6.07, 6.45) is 2.98. The van der Waals surface area contributed by atoms with Crippen LogP contribution < -0.4 is 10.1 Å². The first-order chi connectivity index (χ1) is 20.9. The van der Waals surface area contributed by atoms with E-state index in [-0.39, 0.29) is 61.2 Å². The number of likely N-dealkylation sites (tertiary alicyclic amines) is 1. The molecule has 3 amide bonds. The average molecular weight is 646 g/mol. The van der Waals surface area contributed by atoms with Gasteiger partial charge in [-0.25, -0.2) is 8.78 Å². The highest BCUT2D eigenvalue weighted by Crippen LogP contribution is 2.55. The lowest BCUT2D eigenvalue weighted by Gasteiger charge is -2.44. The number of fused-ring (bicyclic) bond motifs is 4. The number of piperidine rings is 2. The normalized spacial score (nSPS) is 24.8. The Bertz CT molecular complexity index is 1850. The smallest absolute Gasteiger partial charge is 0.284 e. The molecule has 4 aliphatic rings. The summed E-state index contributed by atoms with van der Waals surface area (Å²) >= 11 is 6.07. The summed E-state index contributed by atoms with van der Waals surface area (Å²) in [5.74, 6) is -4.32. The number of amides is 3. The first kappa shape index (κ1) is 28.9. The van der Waals surface area contributed by atoms with Gasteiger partial charge >= 0.3 is 0 Å². The van der Waals surface area contributed by atoms with E-state index in [0.717, 1.165) is 4.09 Å². The van der Waals surface area contributed by atoms with Gasteiger partial charge in [-0.3, -0.25) is 24.6 Å². The zero-order chi connectivity index (χ0) is 31.0. The predicted molar refractivity (Wildman–Crippen MR) is 151 cm³/mol. The molecule has 1 N–H and O–H groups in total. The molecule has 0 aliphatic carbocycles. The first-order valence-electron chi connectivity index (χ1n) is 14.0. The van der Waals surface area contributed by atoms with Gasteiger partial charge in [0, 0.05) is 41.4 Å². The molecular weight excluding hydrogens is 620 g/mol. The summed E-state index contributed by atoms with van der Waals surface area (Å²) in [5.41, 5.74) is -0.0662. The number of nitrogens with zero attached hydrogens (tertiary/aromatic N) is 4. The molecule has 1 unspecified atom stereocenters. The Morgan fingerprint density at radius 2 is 1.93 bits per heavy atom. The van der Waals surface area contributed by atoms with E-state index >= 15 is 8.78 Å². The Labute approximate surface area is 255 Å². The molecule has 0 bridgehead atoms. The van der Waals surface area contributed by atoms with Crippen LogP contribution in [0.2, 0.25) is 5.02 Å². The van der Waals surface area contributed by atoms with Gasteiger partial charge in [-0.05, 0) is 37.6 Å². The quantitative estimate of drug-likeness (QED) is 0.419. The van der Waals surface area contributed by atoms with Crippen molar-refractivity contribution in [1.82, 2.24) is 24.3 Å². The van der Waals surface area contributed by atoms with E-state index in [1.165, 1.54) is 41.6 Å². The zero-order valence-corrected chi connectivity index (χ0v) is 24.7. The molecule has 3 aromatic rings. The first-order valence-corrected chi connectivity index (χ1v) is 15.8. The maximum absolute atomic E-state index is 16.1. The van der Waals surface area contributed by atoms with Crippen molar-refractivity contribution in [3.63, 3.8) is 0 Å². The number of carbonyl (C=O) groups excluding carboxylic acids is 3. The van der Waals surface area contributed by atoms with Gasteiger partial charge < -0.3 is 9.64 Å². The maximum atomic E-state index is 16.1. The topological polar surface area (TPSA) is 131 Å². The summed E-state index contributed by atoms with van der Waals surface area (Å²) < 4.78 is 65.0. The van der Waals surface area contributed by atoms with Crippen LogP contribution in [0, 0.1) is 0 Å². The number of hydrogen-bond donors (Lipinski definition) is 1. The largest absolute Gasteiger partial charge is 0.492 e. The number of ether oxygens (including phenoxy) is 1. The second-order valence-electron chi connectivity index (χ2n) is 11.6. The number of aromatic nitrogens is 2. The van der Waals surface area contributed by atoms with E-state index in [4.69, 9.17) is 16.3 Å². The Morgan fingerprint density at radius 3 is 2.68 bits per heavy atom. The fourth-order valence-corrected chi connectivity index (χ4v) is 8.32. The Balaban J connectivity index is 1.09. The van der Waals surface area contributed by atoms with Crippen LogP contribution in [0.1, 0.15) is 46.3 Å². The van der Waals surface area contributed by atoms with Gasteiger partial charge in [0.05, 0.1) is 29.7 Å². The molecule has 5 heterocycles. The lowest BCUT2D eigenvalue weighted by Crippen LogP contribution is -2.58. The number of alkyl halides is 2. The van der Waals surface area contributed by atoms with E-state index in [1.807, 2.05) is 0 Å². The van der Waals surface area contributed by atoms with Crippen LogP contribution in [0.25, 0.3) is 0 Å². The monoisotopic (exact) mass is 645 g/mol. The second kappa shape index (κ2) is 10.1. The number of benzene rings is 2. The third-order valence-electron chi connectivity index (χ3n) is 9.00. The number of carbonyl (C=O) groups is 3. The van der Waals surface area contributed by atoms with Crippen LogP contribution in [0.5, 0.6) is 5.75 Å². The lowest BCUT2D eigenvalue weighted by molar-refractivity contribution is -0.137. The fraction of sp³-hybridized carbons (Fsp3) is 0.379. The number of hydrogen-bond acceptors (Lipinski definition) is 8. The van der Waals surface area contributed by atoms with E-state index in [0.29, 0.717) is 22.3 Å². The van der Waals surface area contributed by atoms with Crippen LogP contribution in [-0.2, 0) is 38.1 Å². The molecule has 7 rings (SSSR count). The van der Waals surface area contributed by atoms with Crippen molar-refractivity contribution in [2.24, 2.45) is 0 Å². The van der Waals surface area contributed by atoms with Gasteiger partial charge in [-0.2, -0.15) is 17.6 Å². The summed E-state index contributed by atoms with van der Waals surface area (Å²) in [7, 11) is -4.06. The molecule has 11 nitrogen and oxygen atoms in total. The van der Waals surface area contributed by atoms with Gasteiger partial charge in [0.1, 0.15) is 23.3 Å². The number of imide groups is 1. The van der Waals surface area contributed by atoms with Crippen molar-refractivity contribution >= 4 is 39.3 Å². The summed E-state index contributed by atoms with van der Waals surface area (Å²) in [4.78, 5) is 40.0. The van der Waals surface area contributed by atoms with Crippen molar-refractivity contribution < 1.29 is 36.3 Å². The third kappa shape index (κ3) is 4.33. The second-order valence-corrected chi connectivity index (χ2v) is 13.7. The minimum Gasteiger partial charge on any atom is -0.492 e. The van der Waals surface area contributed by atoms with Gasteiger partial charge in [-0.1, -0.05) is 29.8 Å². The molecule has 1 spiro atoms.